The molecule has 9 heteroatoms. The van der Waals surface area contributed by atoms with Gasteiger partial charge in [-0.1, -0.05) is 18.2 Å². The SMILES string of the molecule is O=C(c1cc(-c2ccc(F)cc2)n[nH]1)N1CCC(N2CC(=O)N(c3ccccc3)C2=O)CC1. The Kier molecular flexibility index (Phi) is 5.37. The van der Waals surface area contributed by atoms with E-state index in [1.54, 1.807) is 52.3 Å². The zero-order valence-electron chi connectivity index (χ0n) is 17.8. The van der Waals surface area contributed by atoms with Gasteiger partial charge in [-0.05, 0) is 55.3 Å². The van der Waals surface area contributed by atoms with E-state index in [4.69, 9.17) is 0 Å². The van der Waals surface area contributed by atoms with Gasteiger partial charge in [0.25, 0.3) is 11.8 Å². The van der Waals surface area contributed by atoms with E-state index in [-0.39, 0.29) is 36.2 Å². The normalized spacial score (nSPS) is 17.2. The maximum atomic E-state index is 13.1. The van der Waals surface area contributed by atoms with Crippen LogP contribution in [0, 0.1) is 5.82 Å². The van der Waals surface area contributed by atoms with E-state index in [1.807, 2.05) is 6.07 Å². The summed E-state index contributed by atoms with van der Waals surface area (Å²) >= 11 is 0. The van der Waals surface area contributed by atoms with E-state index in [9.17, 15) is 18.8 Å². The number of piperidine rings is 1. The molecular formula is C24H22FN5O3. The number of benzene rings is 2. The third-order valence-electron chi connectivity index (χ3n) is 6.15. The highest BCUT2D eigenvalue weighted by Crippen LogP contribution is 2.27. The van der Waals surface area contributed by atoms with Gasteiger partial charge in [0.15, 0.2) is 0 Å². The zero-order chi connectivity index (χ0) is 22.9. The lowest BCUT2D eigenvalue weighted by Crippen LogP contribution is -2.48. The molecule has 0 bridgehead atoms. The van der Waals surface area contributed by atoms with Crippen LogP contribution in [-0.2, 0) is 4.79 Å². The molecule has 0 aliphatic carbocycles. The van der Waals surface area contributed by atoms with Crippen molar-refractivity contribution in [2.24, 2.45) is 0 Å². The van der Waals surface area contributed by atoms with Crippen molar-refractivity contribution in [3.8, 4) is 11.3 Å². The van der Waals surface area contributed by atoms with Crippen molar-refractivity contribution in [1.82, 2.24) is 20.0 Å². The molecule has 2 saturated heterocycles. The molecule has 0 spiro atoms. The fourth-order valence-electron chi connectivity index (χ4n) is 4.39. The lowest BCUT2D eigenvalue weighted by atomic mass is 10.0. The van der Waals surface area contributed by atoms with Gasteiger partial charge in [-0.2, -0.15) is 5.10 Å². The second-order valence-corrected chi connectivity index (χ2v) is 8.17. The van der Waals surface area contributed by atoms with Crippen LogP contribution < -0.4 is 4.90 Å². The van der Waals surface area contributed by atoms with Gasteiger partial charge in [0.1, 0.15) is 18.1 Å². The Labute approximate surface area is 189 Å². The predicted octanol–water partition coefficient (Wildman–Crippen LogP) is 3.29. The lowest BCUT2D eigenvalue weighted by molar-refractivity contribution is -0.116. The highest BCUT2D eigenvalue weighted by Gasteiger charge is 2.41. The number of nitrogens with one attached hydrogen (secondary N) is 1. The van der Waals surface area contributed by atoms with Crippen LogP contribution in [0.15, 0.2) is 60.7 Å². The van der Waals surface area contributed by atoms with E-state index < -0.39 is 0 Å². The first-order chi connectivity index (χ1) is 16.0. The predicted molar refractivity (Wildman–Crippen MR) is 119 cm³/mol. The molecule has 2 aromatic carbocycles. The quantitative estimate of drug-likeness (QED) is 0.622. The first-order valence-corrected chi connectivity index (χ1v) is 10.8. The number of halogens is 1. The molecule has 0 unspecified atom stereocenters. The molecule has 5 rings (SSSR count). The van der Waals surface area contributed by atoms with E-state index in [2.05, 4.69) is 10.2 Å². The van der Waals surface area contributed by atoms with Gasteiger partial charge in [0.2, 0.25) is 0 Å². The van der Waals surface area contributed by atoms with Crippen LogP contribution in [0.3, 0.4) is 0 Å². The summed E-state index contributed by atoms with van der Waals surface area (Å²) in [5.41, 5.74) is 2.20. The van der Waals surface area contributed by atoms with Crippen molar-refractivity contribution in [3.63, 3.8) is 0 Å². The largest absolute Gasteiger partial charge is 0.337 e. The molecule has 3 aromatic rings. The Morgan fingerprint density at radius 2 is 1.70 bits per heavy atom. The number of aromatic amines is 1. The first-order valence-electron chi connectivity index (χ1n) is 10.8. The Bertz CT molecular complexity index is 1190. The van der Waals surface area contributed by atoms with Crippen LogP contribution in [0.4, 0.5) is 14.9 Å². The third-order valence-corrected chi connectivity index (χ3v) is 6.15. The number of rotatable bonds is 4. The van der Waals surface area contributed by atoms with E-state index >= 15 is 0 Å². The number of hydrogen-bond acceptors (Lipinski definition) is 4. The number of anilines is 1. The number of carbonyl (C=O) groups excluding carboxylic acids is 3. The van der Waals surface area contributed by atoms with E-state index in [1.165, 1.54) is 17.0 Å². The van der Waals surface area contributed by atoms with Gasteiger partial charge in [-0.3, -0.25) is 14.7 Å². The summed E-state index contributed by atoms with van der Waals surface area (Å²) in [4.78, 5) is 42.9. The molecule has 2 fully saturated rings. The summed E-state index contributed by atoms with van der Waals surface area (Å²) in [7, 11) is 0. The van der Waals surface area contributed by atoms with Gasteiger partial charge < -0.3 is 9.80 Å². The van der Waals surface area contributed by atoms with E-state index in [0.29, 0.717) is 48.6 Å². The maximum Gasteiger partial charge on any atom is 0.332 e. The Hall–Kier alpha value is -4.01. The molecule has 168 valence electrons. The number of nitrogens with zero attached hydrogens (tertiary/aromatic N) is 4. The minimum absolute atomic E-state index is 0.0495. The average molecular weight is 447 g/mol. The molecule has 2 aliphatic rings. The molecule has 1 N–H and O–H groups in total. The number of amides is 4. The fraction of sp³-hybridized carbons (Fsp3) is 0.250. The summed E-state index contributed by atoms with van der Waals surface area (Å²) in [6.07, 6.45) is 1.18. The summed E-state index contributed by atoms with van der Waals surface area (Å²) in [5.74, 6) is -0.752. The van der Waals surface area contributed by atoms with Crippen molar-refractivity contribution in [2.45, 2.75) is 18.9 Å². The van der Waals surface area contributed by atoms with E-state index in [0.717, 1.165) is 0 Å². The fourth-order valence-corrected chi connectivity index (χ4v) is 4.39. The van der Waals surface area contributed by atoms with Crippen LogP contribution in [0.2, 0.25) is 0 Å². The molecule has 33 heavy (non-hydrogen) atoms. The number of urea groups is 1. The topological polar surface area (TPSA) is 89.6 Å². The summed E-state index contributed by atoms with van der Waals surface area (Å²) < 4.78 is 13.1. The molecule has 4 amide bonds. The highest BCUT2D eigenvalue weighted by atomic mass is 19.1. The molecule has 0 radical (unpaired) electrons. The van der Waals surface area contributed by atoms with Crippen molar-refractivity contribution < 1.29 is 18.8 Å². The van der Waals surface area contributed by atoms with Crippen LogP contribution in [0.5, 0.6) is 0 Å². The van der Waals surface area contributed by atoms with Crippen molar-refractivity contribution >= 4 is 23.5 Å². The minimum atomic E-state index is -0.335. The number of carbonyl (C=O) groups is 3. The number of hydrogen-bond donors (Lipinski definition) is 1. The van der Waals surface area contributed by atoms with Gasteiger partial charge in [-0.25, -0.2) is 14.1 Å². The van der Waals surface area contributed by atoms with Gasteiger partial charge in [0, 0.05) is 24.7 Å². The second kappa shape index (κ2) is 8.50. The molecule has 0 atom stereocenters. The summed E-state index contributed by atoms with van der Waals surface area (Å²) in [6.45, 7) is 0.989. The summed E-state index contributed by atoms with van der Waals surface area (Å²) in [5, 5.41) is 6.94. The van der Waals surface area contributed by atoms with Crippen LogP contribution in [-0.4, -0.2) is 63.5 Å². The van der Waals surface area contributed by atoms with Crippen LogP contribution in [0.1, 0.15) is 23.3 Å². The first kappa shape index (κ1) is 20.9. The average Bonchev–Trinajstić information content (AvgIpc) is 3.44. The number of likely N-dealkylation sites (tertiary alicyclic amines) is 1. The Morgan fingerprint density at radius 3 is 2.39 bits per heavy atom. The molecule has 8 nitrogen and oxygen atoms in total. The number of aromatic nitrogens is 2. The second-order valence-electron chi connectivity index (χ2n) is 8.17. The molecule has 3 heterocycles. The smallest absolute Gasteiger partial charge is 0.332 e. The molecule has 1 aromatic heterocycles. The number of imide groups is 1. The van der Waals surface area contributed by atoms with Gasteiger partial charge in [0.05, 0.1) is 11.4 Å². The Balaban J connectivity index is 1.22. The number of para-hydroxylation sites is 1. The van der Waals surface area contributed by atoms with Crippen molar-refractivity contribution in [3.05, 3.63) is 72.2 Å². The molecule has 2 aliphatic heterocycles. The van der Waals surface area contributed by atoms with Crippen molar-refractivity contribution in [2.75, 3.05) is 24.5 Å². The van der Waals surface area contributed by atoms with Crippen LogP contribution >= 0.6 is 0 Å². The van der Waals surface area contributed by atoms with Crippen molar-refractivity contribution in [1.29, 1.82) is 0 Å². The lowest BCUT2D eigenvalue weighted by Gasteiger charge is -2.35. The van der Waals surface area contributed by atoms with Gasteiger partial charge in [-0.15, -0.1) is 0 Å². The maximum absolute atomic E-state index is 13.1. The summed E-state index contributed by atoms with van der Waals surface area (Å²) in [6, 6.07) is 16.1. The Morgan fingerprint density at radius 1 is 1.00 bits per heavy atom. The van der Waals surface area contributed by atoms with Crippen LogP contribution in [0.25, 0.3) is 11.3 Å². The minimum Gasteiger partial charge on any atom is -0.337 e. The molecular weight excluding hydrogens is 425 g/mol. The third kappa shape index (κ3) is 3.97. The standard InChI is InChI=1S/C24H22FN5O3/c25-17-8-6-16(7-9-17)20-14-21(27-26-20)23(32)28-12-10-18(11-13-28)29-15-22(31)30(24(29)33)19-4-2-1-3-5-19/h1-9,14,18H,10-13,15H2,(H,26,27). The van der Waals surface area contributed by atoms with Gasteiger partial charge >= 0.3 is 6.03 Å². The highest BCUT2D eigenvalue weighted by molar-refractivity contribution is 6.19. The molecule has 0 saturated carbocycles. The monoisotopic (exact) mass is 447 g/mol. The zero-order valence-corrected chi connectivity index (χ0v) is 17.8. The number of H-pyrrole nitrogens is 1.